The largest absolute Gasteiger partial charge is 0.497 e. The molecule has 0 aliphatic heterocycles. The molecule has 0 unspecified atom stereocenters. The number of thiophene rings is 1. The Morgan fingerprint density at radius 1 is 0.730 bits per heavy atom. The molecule has 0 bridgehead atoms. The number of ketones is 1. The van der Waals surface area contributed by atoms with Crippen molar-refractivity contribution < 1.29 is 33.2 Å². The minimum absolute atomic E-state index is 0.0779. The van der Waals surface area contributed by atoms with Crippen molar-refractivity contribution in [3.05, 3.63) is 59.0 Å². The quantitative estimate of drug-likeness (QED) is 0.217. The fraction of sp³-hybridized carbons (Fsp3) is 0.276. The lowest BCUT2D eigenvalue weighted by atomic mass is 9.97. The zero-order chi connectivity index (χ0) is 26.7. The number of carbonyl (C=O) groups is 1. The zero-order valence-electron chi connectivity index (χ0n) is 22.0. The van der Waals surface area contributed by atoms with Crippen LogP contribution in [0.2, 0.25) is 0 Å². The summed E-state index contributed by atoms with van der Waals surface area (Å²) >= 11 is 1.40. The van der Waals surface area contributed by atoms with Crippen molar-refractivity contribution >= 4 is 27.2 Å². The third-order valence-electron chi connectivity index (χ3n) is 5.85. The van der Waals surface area contributed by atoms with E-state index >= 15 is 0 Å². The molecule has 4 rings (SSSR count). The number of methoxy groups -OCH3 is 5. The van der Waals surface area contributed by atoms with Crippen LogP contribution in [0.3, 0.4) is 0 Å². The van der Waals surface area contributed by atoms with E-state index in [4.69, 9.17) is 28.4 Å². The highest BCUT2D eigenvalue weighted by Gasteiger charge is 2.25. The van der Waals surface area contributed by atoms with Crippen LogP contribution in [0.15, 0.2) is 48.5 Å². The fourth-order valence-corrected chi connectivity index (χ4v) is 5.39. The van der Waals surface area contributed by atoms with Gasteiger partial charge in [0.15, 0.2) is 23.0 Å². The van der Waals surface area contributed by atoms with E-state index in [1.807, 2.05) is 44.2 Å². The second-order valence-corrected chi connectivity index (χ2v) is 9.50. The Morgan fingerprint density at radius 3 is 1.97 bits per heavy atom. The Balaban J connectivity index is 1.96. The zero-order valence-corrected chi connectivity index (χ0v) is 22.8. The van der Waals surface area contributed by atoms with Crippen molar-refractivity contribution in [1.82, 2.24) is 0 Å². The highest BCUT2D eigenvalue weighted by atomic mass is 32.1. The van der Waals surface area contributed by atoms with Crippen LogP contribution in [-0.2, 0) is 0 Å². The number of benzene rings is 3. The summed E-state index contributed by atoms with van der Waals surface area (Å²) < 4.78 is 34.4. The standard InChI is InChI=1S/C29H30O7S/c1-16(2)36-22-12-17(8-11-21(22)32-4)27(30)29-26(20-10-9-19(31-3)15-25(20)37-29)18-13-23(33-5)28(35-7)24(14-18)34-6/h8-16H,1-7H3. The molecule has 0 saturated heterocycles. The van der Waals surface area contributed by atoms with Gasteiger partial charge in [-0.1, -0.05) is 0 Å². The van der Waals surface area contributed by atoms with Gasteiger partial charge in [-0.05, 0) is 67.9 Å². The molecule has 0 saturated carbocycles. The van der Waals surface area contributed by atoms with Crippen molar-refractivity contribution in [2.75, 3.05) is 35.5 Å². The molecule has 3 aromatic carbocycles. The van der Waals surface area contributed by atoms with Crippen LogP contribution in [0.1, 0.15) is 29.1 Å². The predicted molar refractivity (Wildman–Crippen MR) is 146 cm³/mol. The summed E-state index contributed by atoms with van der Waals surface area (Å²) in [6.07, 6.45) is -0.0779. The van der Waals surface area contributed by atoms with Gasteiger partial charge in [-0.2, -0.15) is 0 Å². The molecule has 1 aromatic heterocycles. The van der Waals surface area contributed by atoms with Gasteiger partial charge in [0.05, 0.1) is 46.5 Å². The third-order valence-corrected chi connectivity index (χ3v) is 7.00. The van der Waals surface area contributed by atoms with Gasteiger partial charge < -0.3 is 28.4 Å². The Kier molecular flexibility index (Phi) is 7.78. The number of carbonyl (C=O) groups excluding carboxylic acids is 1. The van der Waals surface area contributed by atoms with E-state index in [2.05, 4.69) is 0 Å². The molecule has 0 spiro atoms. The van der Waals surface area contributed by atoms with E-state index in [0.29, 0.717) is 44.9 Å². The summed E-state index contributed by atoms with van der Waals surface area (Å²) in [7, 11) is 7.89. The lowest BCUT2D eigenvalue weighted by Crippen LogP contribution is -2.08. The summed E-state index contributed by atoms with van der Waals surface area (Å²) in [5.74, 6) is 3.13. The molecular weight excluding hydrogens is 492 g/mol. The van der Waals surface area contributed by atoms with E-state index in [1.165, 1.54) is 11.3 Å². The summed E-state index contributed by atoms with van der Waals surface area (Å²) in [6.45, 7) is 3.85. The van der Waals surface area contributed by atoms with Gasteiger partial charge in [-0.15, -0.1) is 11.3 Å². The molecule has 0 aliphatic carbocycles. The first kappa shape index (κ1) is 26.2. The average molecular weight is 523 g/mol. The van der Waals surface area contributed by atoms with Crippen molar-refractivity contribution in [2.24, 2.45) is 0 Å². The van der Waals surface area contributed by atoms with E-state index in [9.17, 15) is 4.79 Å². The van der Waals surface area contributed by atoms with Crippen LogP contribution in [0.25, 0.3) is 21.2 Å². The van der Waals surface area contributed by atoms with Crippen molar-refractivity contribution in [3.8, 4) is 45.6 Å². The molecule has 0 N–H and O–H groups in total. The highest BCUT2D eigenvalue weighted by Crippen LogP contribution is 2.47. The Morgan fingerprint density at radius 2 is 1.41 bits per heavy atom. The first-order valence-electron chi connectivity index (χ1n) is 11.6. The van der Waals surface area contributed by atoms with E-state index in [0.717, 1.165) is 21.2 Å². The third kappa shape index (κ3) is 5.02. The molecule has 4 aromatic rings. The molecule has 37 heavy (non-hydrogen) atoms. The molecule has 0 radical (unpaired) electrons. The summed E-state index contributed by atoms with van der Waals surface area (Å²) in [5.41, 5.74) is 2.03. The smallest absolute Gasteiger partial charge is 0.203 e. The van der Waals surface area contributed by atoms with Gasteiger partial charge in [0.2, 0.25) is 11.5 Å². The van der Waals surface area contributed by atoms with Crippen LogP contribution >= 0.6 is 11.3 Å². The topological polar surface area (TPSA) is 72.5 Å². The molecule has 0 amide bonds. The summed E-state index contributed by atoms with van der Waals surface area (Å²) in [4.78, 5) is 14.6. The van der Waals surface area contributed by atoms with Gasteiger partial charge in [0.25, 0.3) is 0 Å². The Bertz CT molecular complexity index is 1410. The van der Waals surface area contributed by atoms with Crippen LogP contribution in [0.4, 0.5) is 0 Å². The molecule has 0 aliphatic rings. The second kappa shape index (κ2) is 11.0. The molecule has 8 heteroatoms. The van der Waals surface area contributed by atoms with E-state index in [1.54, 1.807) is 53.7 Å². The van der Waals surface area contributed by atoms with Gasteiger partial charge in [0, 0.05) is 21.2 Å². The molecule has 1 heterocycles. The summed E-state index contributed by atoms with van der Waals surface area (Å²) in [6, 6.07) is 14.7. The average Bonchev–Trinajstić information content (AvgIpc) is 3.29. The van der Waals surface area contributed by atoms with Gasteiger partial charge in [-0.3, -0.25) is 4.79 Å². The molecule has 194 valence electrons. The number of rotatable bonds is 10. The maximum atomic E-state index is 14.0. The maximum Gasteiger partial charge on any atom is 0.203 e. The second-order valence-electron chi connectivity index (χ2n) is 8.44. The highest BCUT2D eigenvalue weighted by molar-refractivity contribution is 7.21. The lowest BCUT2D eigenvalue weighted by Gasteiger charge is -2.16. The normalized spacial score (nSPS) is 10.9. The van der Waals surface area contributed by atoms with Crippen LogP contribution in [0, 0.1) is 0 Å². The van der Waals surface area contributed by atoms with Crippen LogP contribution < -0.4 is 28.4 Å². The number of hydrogen-bond acceptors (Lipinski definition) is 8. The van der Waals surface area contributed by atoms with Crippen LogP contribution in [0.5, 0.6) is 34.5 Å². The monoisotopic (exact) mass is 522 g/mol. The fourth-order valence-electron chi connectivity index (χ4n) is 4.17. The SMILES string of the molecule is COc1ccc2c(-c3cc(OC)c(OC)c(OC)c3)c(C(=O)c3ccc(OC)c(OC(C)C)c3)sc2c1. The van der Waals surface area contributed by atoms with Gasteiger partial charge in [-0.25, -0.2) is 0 Å². The van der Waals surface area contributed by atoms with Crippen molar-refractivity contribution in [2.45, 2.75) is 20.0 Å². The summed E-state index contributed by atoms with van der Waals surface area (Å²) in [5, 5.41) is 0.913. The van der Waals surface area contributed by atoms with E-state index in [-0.39, 0.29) is 11.9 Å². The van der Waals surface area contributed by atoms with Gasteiger partial charge in [0.1, 0.15) is 5.75 Å². The Labute approximate surface area is 220 Å². The molecule has 0 fully saturated rings. The van der Waals surface area contributed by atoms with Crippen molar-refractivity contribution in [3.63, 3.8) is 0 Å². The van der Waals surface area contributed by atoms with Gasteiger partial charge >= 0.3 is 0 Å². The minimum atomic E-state index is -0.139. The van der Waals surface area contributed by atoms with E-state index < -0.39 is 0 Å². The van der Waals surface area contributed by atoms with Crippen LogP contribution in [-0.4, -0.2) is 47.4 Å². The van der Waals surface area contributed by atoms with Crippen molar-refractivity contribution in [1.29, 1.82) is 0 Å². The molecular formula is C29H30O7S. The number of fused-ring (bicyclic) bond motifs is 1. The molecule has 7 nitrogen and oxygen atoms in total. The minimum Gasteiger partial charge on any atom is -0.497 e. The maximum absolute atomic E-state index is 14.0. The molecule has 0 atom stereocenters. The number of ether oxygens (including phenoxy) is 6. The Hall–Kier alpha value is -3.91. The predicted octanol–water partition coefficient (Wildman–Crippen LogP) is 6.63. The first-order valence-corrected chi connectivity index (χ1v) is 12.5. The number of hydrogen-bond donors (Lipinski definition) is 0. The lowest BCUT2D eigenvalue weighted by molar-refractivity contribution is 0.104. The first-order chi connectivity index (χ1) is 17.8.